The molecule has 1 aromatic carbocycles. The second kappa shape index (κ2) is 9.10. The first kappa shape index (κ1) is 19.7. The van der Waals surface area contributed by atoms with E-state index in [-0.39, 0.29) is 31.3 Å². The van der Waals surface area contributed by atoms with Crippen molar-refractivity contribution >= 4 is 18.3 Å². The summed E-state index contributed by atoms with van der Waals surface area (Å²) in [7, 11) is 0. The Morgan fingerprint density at radius 1 is 1.35 bits per heavy atom. The first-order valence-corrected chi connectivity index (χ1v) is 7.16. The third kappa shape index (κ3) is 6.76. The summed E-state index contributed by atoms with van der Waals surface area (Å²) in [4.78, 5) is 11.9. The molecule has 1 aliphatic heterocycles. The Hall–Kier alpha value is -1.31. The standard InChI is InChI=1S/C15H19F3N2O2.ClH/c16-15(17,18)13(8-11-4-2-1-3-5-11)20-14(21)9-12-10-22-7-6-19-12;/h1-5,12-13,19H,6-10H2,(H,20,21);1H. The second-order valence-electron chi connectivity index (χ2n) is 5.28. The van der Waals surface area contributed by atoms with Crippen LogP contribution in [0.1, 0.15) is 12.0 Å². The summed E-state index contributed by atoms with van der Waals surface area (Å²) in [6.07, 6.45) is -4.78. The monoisotopic (exact) mass is 352 g/mol. The largest absolute Gasteiger partial charge is 0.408 e. The Kier molecular flexibility index (Phi) is 7.81. The first-order chi connectivity index (χ1) is 10.4. The highest BCUT2D eigenvalue weighted by atomic mass is 35.5. The molecule has 0 radical (unpaired) electrons. The maximum Gasteiger partial charge on any atom is 0.408 e. The Morgan fingerprint density at radius 3 is 2.61 bits per heavy atom. The van der Waals surface area contributed by atoms with Gasteiger partial charge in [0.2, 0.25) is 5.91 Å². The van der Waals surface area contributed by atoms with Gasteiger partial charge in [0.25, 0.3) is 0 Å². The van der Waals surface area contributed by atoms with Crippen LogP contribution in [0, 0.1) is 0 Å². The summed E-state index contributed by atoms with van der Waals surface area (Å²) in [5, 5.41) is 5.14. The highest BCUT2D eigenvalue weighted by Gasteiger charge is 2.40. The Labute approximate surface area is 139 Å². The van der Waals surface area contributed by atoms with Crippen molar-refractivity contribution in [2.45, 2.75) is 31.1 Å². The average Bonchev–Trinajstić information content (AvgIpc) is 2.48. The summed E-state index contributed by atoms with van der Waals surface area (Å²) in [5.74, 6) is -0.624. The minimum Gasteiger partial charge on any atom is -0.378 e. The van der Waals surface area contributed by atoms with E-state index in [1.807, 2.05) is 0 Å². The third-order valence-electron chi connectivity index (χ3n) is 3.44. The van der Waals surface area contributed by atoms with Crippen molar-refractivity contribution in [3.8, 4) is 0 Å². The van der Waals surface area contributed by atoms with E-state index < -0.39 is 18.1 Å². The van der Waals surface area contributed by atoms with Gasteiger partial charge in [0.05, 0.1) is 13.2 Å². The number of morpholine rings is 1. The van der Waals surface area contributed by atoms with Gasteiger partial charge >= 0.3 is 6.18 Å². The van der Waals surface area contributed by atoms with Gasteiger partial charge in [-0.3, -0.25) is 4.79 Å². The summed E-state index contributed by atoms with van der Waals surface area (Å²) in [5.41, 5.74) is 0.532. The molecule has 1 aromatic rings. The van der Waals surface area contributed by atoms with Gasteiger partial charge in [-0.2, -0.15) is 13.2 Å². The molecule has 0 spiro atoms. The fraction of sp³-hybridized carbons (Fsp3) is 0.533. The number of hydrogen-bond acceptors (Lipinski definition) is 3. The number of hydrogen-bond donors (Lipinski definition) is 2. The number of amides is 1. The van der Waals surface area contributed by atoms with Crippen molar-refractivity contribution in [3.63, 3.8) is 0 Å². The van der Waals surface area contributed by atoms with Crippen LogP contribution in [-0.2, 0) is 16.0 Å². The van der Waals surface area contributed by atoms with Gasteiger partial charge in [-0.05, 0) is 5.56 Å². The number of alkyl halides is 3. The second-order valence-corrected chi connectivity index (χ2v) is 5.28. The highest BCUT2D eigenvalue weighted by molar-refractivity contribution is 5.85. The number of carbonyl (C=O) groups excluding carboxylic acids is 1. The smallest absolute Gasteiger partial charge is 0.378 e. The predicted octanol–water partition coefficient (Wildman–Crippen LogP) is 2.08. The zero-order valence-corrected chi connectivity index (χ0v) is 13.3. The summed E-state index contributed by atoms with van der Waals surface area (Å²) < 4.78 is 44.5. The molecule has 1 heterocycles. The lowest BCUT2D eigenvalue weighted by Crippen LogP contribution is -2.50. The van der Waals surface area contributed by atoms with Crippen LogP contribution in [0.2, 0.25) is 0 Å². The molecule has 1 fully saturated rings. The fourth-order valence-electron chi connectivity index (χ4n) is 2.33. The quantitative estimate of drug-likeness (QED) is 0.853. The van der Waals surface area contributed by atoms with Crippen molar-refractivity contribution in [1.29, 1.82) is 0 Å². The van der Waals surface area contributed by atoms with Crippen LogP contribution in [-0.4, -0.2) is 43.9 Å². The van der Waals surface area contributed by atoms with E-state index in [0.29, 0.717) is 25.3 Å². The van der Waals surface area contributed by atoms with E-state index in [4.69, 9.17) is 4.74 Å². The van der Waals surface area contributed by atoms with Crippen LogP contribution in [0.5, 0.6) is 0 Å². The average molecular weight is 353 g/mol. The molecular formula is C15H20ClF3N2O2. The van der Waals surface area contributed by atoms with Gasteiger partial charge in [-0.15, -0.1) is 12.4 Å². The Morgan fingerprint density at radius 2 is 2.04 bits per heavy atom. The molecule has 0 aromatic heterocycles. The first-order valence-electron chi connectivity index (χ1n) is 7.16. The number of nitrogens with one attached hydrogen (secondary N) is 2. The molecule has 1 saturated heterocycles. The molecule has 8 heteroatoms. The van der Waals surface area contributed by atoms with Gasteiger partial charge < -0.3 is 15.4 Å². The SMILES string of the molecule is Cl.O=C(CC1COCCN1)NC(Cc1ccccc1)C(F)(F)F. The molecule has 130 valence electrons. The maximum absolute atomic E-state index is 13.1. The summed E-state index contributed by atoms with van der Waals surface area (Å²) in [6, 6.07) is 6.19. The van der Waals surface area contributed by atoms with Gasteiger partial charge in [0.15, 0.2) is 0 Å². The number of ether oxygens (including phenoxy) is 1. The van der Waals surface area contributed by atoms with Gasteiger partial charge in [-0.25, -0.2) is 0 Å². The van der Waals surface area contributed by atoms with Crippen LogP contribution >= 0.6 is 12.4 Å². The zero-order valence-electron chi connectivity index (χ0n) is 12.4. The van der Waals surface area contributed by atoms with Crippen molar-refractivity contribution in [2.24, 2.45) is 0 Å². The van der Waals surface area contributed by atoms with Crippen molar-refractivity contribution in [1.82, 2.24) is 10.6 Å². The predicted molar refractivity (Wildman–Crippen MR) is 82.6 cm³/mol. The molecule has 2 unspecified atom stereocenters. The van der Waals surface area contributed by atoms with Crippen LogP contribution in [0.15, 0.2) is 30.3 Å². The minimum absolute atomic E-state index is 0. The lowest BCUT2D eigenvalue weighted by atomic mass is 10.0. The van der Waals surface area contributed by atoms with E-state index >= 15 is 0 Å². The van der Waals surface area contributed by atoms with Crippen molar-refractivity contribution in [2.75, 3.05) is 19.8 Å². The molecule has 0 bridgehead atoms. The van der Waals surface area contributed by atoms with Crippen molar-refractivity contribution in [3.05, 3.63) is 35.9 Å². The fourth-order valence-corrected chi connectivity index (χ4v) is 2.33. The molecular weight excluding hydrogens is 333 g/mol. The lowest BCUT2D eigenvalue weighted by Gasteiger charge is -2.26. The summed E-state index contributed by atoms with van der Waals surface area (Å²) in [6.45, 7) is 1.49. The van der Waals surface area contributed by atoms with E-state index in [2.05, 4.69) is 10.6 Å². The lowest BCUT2D eigenvalue weighted by molar-refractivity contribution is -0.161. The number of rotatable bonds is 5. The van der Waals surface area contributed by atoms with E-state index in [1.54, 1.807) is 30.3 Å². The number of benzene rings is 1. The molecule has 2 atom stereocenters. The highest BCUT2D eigenvalue weighted by Crippen LogP contribution is 2.23. The van der Waals surface area contributed by atoms with Crippen LogP contribution < -0.4 is 10.6 Å². The van der Waals surface area contributed by atoms with E-state index in [0.717, 1.165) is 0 Å². The van der Waals surface area contributed by atoms with E-state index in [9.17, 15) is 18.0 Å². The minimum atomic E-state index is -4.48. The Balaban J connectivity index is 0.00000264. The maximum atomic E-state index is 13.1. The molecule has 0 saturated carbocycles. The summed E-state index contributed by atoms with van der Waals surface area (Å²) >= 11 is 0. The topological polar surface area (TPSA) is 50.4 Å². The van der Waals surface area contributed by atoms with E-state index in [1.165, 1.54) is 0 Å². The Bertz CT molecular complexity index is 479. The van der Waals surface area contributed by atoms with Crippen LogP contribution in [0.25, 0.3) is 0 Å². The van der Waals surface area contributed by atoms with Gasteiger partial charge in [0.1, 0.15) is 6.04 Å². The molecule has 1 amide bonds. The van der Waals surface area contributed by atoms with Crippen LogP contribution in [0.4, 0.5) is 13.2 Å². The molecule has 0 aliphatic carbocycles. The molecule has 2 rings (SSSR count). The number of halogens is 4. The third-order valence-corrected chi connectivity index (χ3v) is 3.44. The molecule has 2 N–H and O–H groups in total. The van der Waals surface area contributed by atoms with Crippen molar-refractivity contribution < 1.29 is 22.7 Å². The number of carbonyl (C=O) groups is 1. The van der Waals surface area contributed by atoms with Gasteiger partial charge in [0, 0.05) is 25.4 Å². The zero-order chi connectivity index (χ0) is 16.0. The molecule has 23 heavy (non-hydrogen) atoms. The van der Waals surface area contributed by atoms with Crippen LogP contribution in [0.3, 0.4) is 0 Å². The molecule has 1 aliphatic rings. The normalized spacial score (nSPS) is 19.5. The van der Waals surface area contributed by atoms with Gasteiger partial charge in [-0.1, -0.05) is 30.3 Å². The molecule has 4 nitrogen and oxygen atoms in total.